The van der Waals surface area contributed by atoms with Gasteiger partial charge in [-0.15, -0.1) is 11.3 Å². The number of aromatic nitrogens is 1. The first-order chi connectivity index (χ1) is 14.0. The first-order valence-electron chi connectivity index (χ1n) is 9.50. The Kier molecular flexibility index (Phi) is 7.34. The highest BCUT2D eigenvalue weighted by molar-refractivity contribution is 7.91. The molecule has 0 bridgehead atoms. The molecular weight excluding hydrogens is 412 g/mol. The van der Waals surface area contributed by atoms with E-state index in [1.54, 1.807) is 41.9 Å². The van der Waals surface area contributed by atoms with Crippen LogP contribution < -0.4 is 10.6 Å². The molecule has 10 heteroatoms. The molecule has 2 aromatic rings. The Labute approximate surface area is 174 Å². The zero-order chi connectivity index (χ0) is 20.7. The Morgan fingerprint density at radius 3 is 2.69 bits per heavy atom. The predicted molar refractivity (Wildman–Crippen MR) is 110 cm³/mol. The van der Waals surface area contributed by atoms with Gasteiger partial charge in [-0.05, 0) is 42.8 Å². The van der Waals surface area contributed by atoms with Crippen LogP contribution in [0.15, 0.2) is 46.1 Å². The summed E-state index contributed by atoms with van der Waals surface area (Å²) in [5.41, 5.74) is 0.658. The molecule has 1 aliphatic rings. The van der Waals surface area contributed by atoms with Gasteiger partial charge >= 0.3 is 11.8 Å². The third-order valence-corrected chi connectivity index (χ3v) is 8.08. The van der Waals surface area contributed by atoms with Crippen LogP contribution in [-0.2, 0) is 26.2 Å². The second-order valence-electron chi connectivity index (χ2n) is 6.75. The number of hydrogen-bond acceptors (Lipinski definition) is 6. The molecule has 0 aliphatic carbocycles. The average molecular weight is 437 g/mol. The van der Waals surface area contributed by atoms with E-state index in [0.717, 1.165) is 19.3 Å². The Morgan fingerprint density at radius 2 is 1.97 bits per heavy atom. The fourth-order valence-electron chi connectivity index (χ4n) is 3.29. The Hall–Kier alpha value is -2.30. The van der Waals surface area contributed by atoms with E-state index in [1.807, 2.05) is 0 Å². The average Bonchev–Trinajstić information content (AvgIpc) is 3.29. The van der Waals surface area contributed by atoms with Crippen molar-refractivity contribution in [2.75, 3.05) is 13.1 Å². The van der Waals surface area contributed by atoms with Gasteiger partial charge in [-0.2, -0.15) is 4.31 Å². The van der Waals surface area contributed by atoms with Gasteiger partial charge in [0.25, 0.3) is 10.0 Å². The molecule has 2 aromatic heterocycles. The summed E-state index contributed by atoms with van der Waals surface area (Å²) in [4.78, 5) is 28.0. The SMILES string of the molecule is O=C(NCC[C@H]1CCCCN1S(=O)(=O)c1cccs1)C(=O)NCc1ccccn1. The van der Waals surface area contributed by atoms with Gasteiger partial charge in [0.1, 0.15) is 4.21 Å². The Morgan fingerprint density at radius 1 is 1.14 bits per heavy atom. The maximum Gasteiger partial charge on any atom is 0.309 e. The van der Waals surface area contributed by atoms with E-state index in [1.165, 1.54) is 15.6 Å². The number of hydrogen-bond donors (Lipinski definition) is 2. The maximum absolute atomic E-state index is 12.9. The predicted octanol–water partition coefficient (Wildman–Crippen LogP) is 1.51. The van der Waals surface area contributed by atoms with Crippen molar-refractivity contribution < 1.29 is 18.0 Å². The second-order valence-corrected chi connectivity index (χ2v) is 9.81. The minimum atomic E-state index is -3.52. The maximum atomic E-state index is 12.9. The quantitative estimate of drug-likeness (QED) is 0.640. The molecule has 0 aromatic carbocycles. The molecule has 1 atom stereocenters. The largest absolute Gasteiger partial charge is 0.348 e. The lowest BCUT2D eigenvalue weighted by Gasteiger charge is -2.34. The Bertz CT molecular complexity index is 917. The number of sulfonamides is 1. The molecule has 2 N–H and O–H groups in total. The van der Waals surface area contributed by atoms with Gasteiger partial charge in [-0.1, -0.05) is 18.6 Å². The lowest BCUT2D eigenvalue weighted by molar-refractivity contribution is -0.139. The number of piperidine rings is 1. The monoisotopic (exact) mass is 436 g/mol. The molecular formula is C19H24N4O4S2. The van der Waals surface area contributed by atoms with Crippen molar-refractivity contribution in [1.82, 2.24) is 19.9 Å². The Balaban J connectivity index is 1.49. The van der Waals surface area contributed by atoms with Crippen molar-refractivity contribution in [3.8, 4) is 0 Å². The zero-order valence-electron chi connectivity index (χ0n) is 15.9. The van der Waals surface area contributed by atoms with Gasteiger partial charge in [0, 0.05) is 25.3 Å². The van der Waals surface area contributed by atoms with Gasteiger partial charge in [0.15, 0.2) is 0 Å². The van der Waals surface area contributed by atoms with Crippen LogP contribution in [0.2, 0.25) is 0 Å². The number of thiophene rings is 1. The summed E-state index contributed by atoms with van der Waals surface area (Å²) in [5, 5.41) is 6.85. The van der Waals surface area contributed by atoms with Crippen molar-refractivity contribution in [2.45, 2.75) is 42.5 Å². The first-order valence-corrected chi connectivity index (χ1v) is 11.8. The minimum Gasteiger partial charge on any atom is -0.348 e. The minimum absolute atomic E-state index is 0.169. The molecule has 156 valence electrons. The lowest BCUT2D eigenvalue weighted by atomic mass is 10.0. The summed E-state index contributed by atoms with van der Waals surface area (Å²) in [5.74, 6) is -1.47. The van der Waals surface area contributed by atoms with Crippen LogP contribution in [-0.4, -0.2) is 48.7 Å². The van der Waals surface area contributed by atoms with Crippen LogP contribution in [0, 0.1) is 0 Å². The number of nitrogens with one attached hydrogen (secondary N) is 2. The van der Waals surface area contributed by atoms with Gasteiger partial charge < -0.3 is 10.6 Å². The molecule has 3 heterocycles. The molecule has 29 heavy (non-hydrogen) atoms. The zero-order valence-corrected chi connectivity index (χ0v) is 17.5. The van der Waals surface area contributed by atoms with E-state index < -0.39 is 21.8 Å². The molecule has 8 nitrogen and oxygen atoms in total. The number of amides is 2. The summed E-state index contributed by atoms with van der Waals surface area (Å²) in [6.45, 7) is 0.878. The summed E-state index contributed by atoms with van der Waals surface area (Å²) in [7, 11) is -3.52. The normalized spacial score (nSPS) is 17.6. The van der Waals surface area contributed by atoms with Crippen LogP contribution in [0.5, 0.6) is 0 Å². The van der Waals surface area contributed by atoms with E-state index in [-0.39, 0.29) is 19.1 Å². The van der Waals surface area contributed by atoms with E-state index in [4.69, 9.17) is 0 Å². The smallest absolute Gasteiger partial charge is 0.309 e. The topological polar surface area (TPSA) is 108 Å². The molecule has 1 aliphatic heterocycles. The number of rotatable bonds is 7. The van der Waals surface area contributed by atoms with Crippen LogP contribution in [0.3, 0.4) is 0 Å². The molecule has 0 radical (unpaired) electrons. The fraction of sp³-hybridized carbons (Fsp3) is 0.421. The van der Waals surface area contributed by atoms with E-state index >= 15 is 0 Å². The molecule has 1 fully saturated rings. The third-order valence-electron chi connectivity index (χ3n) is 4.76. The lowest BCUT2D eigenvalue weighted by Crippen LogP contribution is -2.46. The van der Waals surface area contributed by atoms with Crippen molar-refractivity contribution in [1.29, 1.82) is 0 Å². The van der Waals surface area contributed by atoms with Crippen LogP contribution in [0.1, 0.15) is 31.4 Å². The summed E-state index contributed by atoms with van der Waals surface area (Å²) >= 11 is 1.20. The van der Waals surface area contributed by atoms with Crippen molar-refractivity contribution in [3.63, 3.8) is 0 Å². The highest BCUT2D eigenvalue weighted by Crippen LogP contribution is 2.28. The molecule has 2 amide bonds. The fourth-order valence-corrected chi connectivity index (χ4v) is 6.13. The number of pyridine rings is 1. The molecule has 3 rings (SSSR count). The van der Waals surface area contributed by atoms with Crippen LogP contribution in [0.25, 0.3) is 0 Å². The van der Waals surface area contributed by atoms with E-state index in [2.05, 4.69) is 15.6 Å². The van der Waals surface area contributed by atoms with Crippen molar-refractivity contribution in [3.05, 3.63) is 47.6 Å². The highest BCUT2D eigenvalue weighted by atomic mass is 32.2. The molecule has 0 saturated carbocycles. The standard InChI is InChI=1S/C19H24N4O4S2/c24-18(19(25)22-14-15-6-1-3-10-20-15)21-11-9-16-7-2-4-12-23(16)29(26,27)17-8-5-13-28-17/h1,3,5-6,8,10,13,16H,2,4,7,9,11-12,14H2,(H,21,24)(H,22,25)/t16-/m1/s1. The van der Waals surface area contributed by atoms with Gasteiger partial charge in [-0.25, -0.2) is 8.42 Å². The van der Waals surface area contributed by atoms with E-state index in [9.17, 15) is 18.0 Å². The summed E-state index contributed by atoms with van der Waals surface area (Å²) in [6.07, 6.45) is 4.58. The van der Waals surface area contributed by atoms with E-state index in [0.29, 0.717) is 22.9 Å². The van der Waals surface area contributed by atoms with Crippen molar-refractivity contribution >= 4 is 33.2 Å². The molecule has 0 unspecified atom stereocenters. The molecule has 1 saturated heterocycles. The summed E-state index contributed by atoms with van der Waals surface area (Å²) in [6, 6.07) is 8.47. The van der Waals surface area contributed by atoms with Gasteiger partial charge in [-0.3, -0.25) is 14.6 Å². The third kappa shape index (κ3) is 5.62. The van der Waals surface area contributed by atoms with Crippen LogP contribution in [0.4, 0.5) is 0 Å². The number of carbonyl (C=O) groups excluding carboxylic acids is 2. The number of nitrogens with zero attached hydrogens (tertiary/aromatic N) is 2. The van der Waals surface area contributed by atoms with Crippen LogP contribution >= 0.6 is 11.3 Å². The number of carbonyl (C=O) groups is 2. The highest BCUT2D eigenvalue weighted by Gasteiger charge is 2.33. The first kappa shape index (κ1) is 21.4. The summed E-state index contributed by atoms with van der Waals surface area (Å²) < 4.78 is 27.6. The molecule has 0 spiro atoms. The van der Waals surface area contributed by atoms with Gasteiger partial charge in [0.2, 0.25) is 0 Å². The van der Waals surface area contributed by atoms with Gasteiger partial charge in [0.05, 0.1) is 12.2 Å². The van der Waals surface area contributed by atoms with Crippen molar-refractivity contribution in [2.24, 2.45) is 0 Å². The second kappa shape index (κ2) is 9.95.